The maximum Gasteiger partial charge on any atom is 0.166 e. The van der Waals surface area contributed by atoms with Crippen molar-refractivity contribution in [2.24, 2.45) is 5.92 Å². The fourth-order valence-electron chi connectivity index (χ4n) is 4.80. The third-order valence-electron chi connectivity index (χ3n) is 6.53. The first-order valence-corrected chi connectivity index (χ1v) is 11.7. The van der Waals surface area contributed by atoms with Gasteiger partial charge in [-0.2, -0.15) is 5.10 Å². The molecule has 1 aromatic carbocycles. The summed E-state index contributed by atoms with van der Waals surface area (Å²) in [6.45, 7) is 4.70. The molecule has 2 aliphatic heterocycles. The normalized spacial score (nSPS) is 22.9. The monoisotopic (exact) mass is 472 g/mol. The van der Waals surface area contributed by atoms with Crippen LogP contribution < -0.4 is 10.5 Å². The number of halogens is 2. The summed E-state index contributed by atoms with van der Waals surface area (Å²) in [6.07, 6.45) is 9.55. The van der Waals surface area contributed by atoms with Gasteiger partial charge in [-0.3, -0.25) is 4.68 Å². The molecular formula is C24H26Cl2N4O2. The van der Waals surface area contributed by atoms with Crippen LogP contribution in [0.2, 0.25) is 10.0 Å². The van der Waals surface area contributed by atoms with Crippen LogP contribution in [0.4, 0.5) is 5.82 Å². The van der Waals surface area contributed by atoms with E-state index in [2.05, 4.69) is 10.1 Å². The van der Waals surface area contributed by atoms with Crippen molar-refractivity contribution in [2.75, 3.05) is 5.73 Å². The Labute approximate surface area is 197 Å². The summed E-state index contributed by atoms with van der Waals surface area (Å²) in [6, 6.07) is 5.60. The highest BCUT2D eigenvalue weighted by Gasteiger charge is 2.40. The zero-order chi connectivity index (χ0) is 22.4. The Morgan fingerprint density at radius 3 is 2.84 bits per heavy atom. The number of benzene rings is 1. The van der Waals surface area contributed by atoms with Crippen molar-refractivity contribution in [2.45, 2.75) is 58.0 Å². The van der Waals surface area contributed by atoms with E-state index in [1.807, 2.05) is 49.1 Å². The Hall–Kier alpha value is -2.28. The van der Waals surface area contributed by atoms with Gasteiger partial charge >= 0.3 is 0 Å². The second kappa shape index (κ2) is 8.58. The van der Waals surface area contributed by atoms with Crippen molar-refractivity contribution < 1.29 is 9.47 Å². The smallest absolute Gasteiger partial charge is 0.166 e. The average Bonchev–Trinajstić information content (AvgIpc) is 3.50. The van der Waals surface area contributed by atoms with Crippen LogP contribution in [0.5, 0.6) is 5.75 Å². The van der Waals surface area contributed by atoms with Crippen molar-refractivity contribution in [3.05, 3.63) is 58.0 Å². The molecule has 0 saturated carbocycles. The third kappa shape index (κ3) is 4.07. The molecule has 168 valence electrons. The summed E-state index contributed by atoms with van der Waals surface area (Å²) in [5.74, 6) is 1.33. The van der Waals surface area contributed by atoms with Gasteiger partial charge in [0, 0.05) is 46.6 Å². The molecule has 2 aromatic heterocycles. The van der Waals surface area contributed by atoms with Crippen molar-refractivity contribution in [1.29, 1.82) is 0 Å². The van der Waals surface area contributed by atoms with Gasteiger partial charge in [-0.15, -0.1) is 0 Å². The maximum atomic E-state index is 6.49. The highest BCUT2D eigenvalue weighted by atomic mass is 35.5. The minimum absolute atomic E-state index is 0.312. The van der Waals surface area contributed by atoms with Crippen LogP contribution >= 0.6 is 23.2 Å². The quantitative estimate of drug-likeness (QED) is 0.486. The van der Waals surface area contributed by atoms with E-state index >= 15 is 0 Å². The van der Waals surface area contributed by atoms with Crippen molar-refractivity contribution in [3.63, 3.8) is 0 Å². The summed E-state index contributed by atoms with van der Waals surface area (Å²) in [7, 11) is 0. The SMILES string of the molecule is Cc1ccc(Cl)c(C(C)Oc2cc(-c3cnn(CC4CC5CCC4O5)c3)cnc2N)c1Cl. The van der Waals surface area contributed by atoms with Crippen molar-refractivity contribution in [1.82, 2.24) is 14.8 Å². The standard InChI is InChI=1S/C24H26Cl2N4O2/c1-13-3-5-19(25)22(23(13)26)14(2)31-21-8-15(9-28-24(21)27)17-10-29-30(12-17)11-16-7-18-4-6-20(16)32-18/h3,5,8-10,12,14,16,18,20H,4,6-7,11H2,1-2H3,(H2,27,28). The van der Waals surface area contributed by atoms with E-state index in [4.69, 9.17) is 38.4 Å². The zero-order valence-electron chi connectivity index (χ0n) is 18.1. The summed E-state index contributed by atoms with van der Waals surface area (Å²) >= 11 is 12.9. The lowest BCUT2D eigenvalue weighted by atomic mass is 9.89. The zero-order valence-corrected chi connectivity index (χ0v) is 19.6. The number of rotatable bonds is 6. The van der Waals surface area contributed by atoms with Crippen LogP contribution in [0.15, 0.2) is 36.8 Å². The summed E-state index contributed by atoms with van der Waals surface area (Å²) in [5, 5.41) is 5.71. The topological polar surface area (TPSA) is 75.2 Å². The highest BCUT2D eigenvalue weighted by molar-refractivity contribution is 6.36. The minimum Gasteiger partial charge on any atom is -0.482 e. The Morgan fingerprint density at radius 1 is 1.25 bits per heavy atom. The summed E-state index contributed by atoms with van der Waals surface area (Å²) in [5.41, 5.74) is 9.64. The molecular weight excluding hydrogens is 447 g/mol. The van der Waals surface area contributed by atoms with Crippen molar-refractivity contribution in [3.8, 4) is 16.9 Å². The van der Waals surface area contributed by atoms with E-state index in [1.54, 1.807) is 6.20 Å². The number of ether oxygens (including phenoxy) is 2. The van der Waals surface area contributed by atoms with Crippen LogP contribution in [0, 0.1) is 12.8 Å². The summed E-state index contributed by atoms with van der Waals surface area (Å²) in [4.78, 5) is 4.34. The van der Waals surface area contributed by atoms with E-state index in [-0.39, 0.29) is 0 Å². The van der Waals surface area contributed by atoms with Gasteiger partial charge < -0.3 is 15.2 Å². The molecule has 2 N–H and O–H groups in total. The number of nitrogens with two attached hydrogens (primary N) is 1. The number of nitrogen functional groups attached to an aromatic ring is 1. The van der Waals surface area contributed by atoms with Gasteiger partial charge in [0.05, 0.1) is 23.4 Å². The predicted octanol–water partition coefficient (Wildman–Crippen LogP) is 5.85. The molecule has 5 rings (SSSR count). The molecule has 3 aromatic rings. The fraction of sp³-hybridized carbons (Fsp3) is 0.417. The lowest BCUT2D eigenvalue weighted by Gasteiger charge is -2.20. The van der Waals surface area contributed by atoms with Crippen LogP contribution in [0.25, 0.3) is 11.1 Å². The van der Waals surface area contributed by atoms with Gasteiger partial charge in [0.25, 0.3) is 0 Å². The molecule has 6 nitrogen and oxygen atoms in total. The first kappa shape index (κ1) is 21.6. The average molecular weight is 473 g/mol. The van der Waals surface area contributed by atoms with E-state index in [0.717, 1.165) is 35.2 Å². The minimum atomic E-state index is -0.394. The number of pyridine rings is 1. The molecule has 0 aliphatic carbocycles. The summed E-state index contributed by atoms with van der Waals surface area (Å²) < 4.78 is 14.1. The molecule has 2 saturated heterocycles. The van der Waals surface area contributed by atoms with Crippen LogP contribution in [-0.4, -0.2) is 27.0 Å². The number of hydrogen-bond acceptors (Lipinski definition) is 5. The van der Waals surface area contributed by atoms with Gasteiger partial charge in [0.15, 0.2) is 11.6 Å². The van der Waals surface area contributed by atoms with Crippen LogP contribution in [-0.2, 0) is 11.3 Å². The largest absolute Gasteiger partial charge is 0.482 e. The molecule has 0 spiro atoms. The molecule has 4 atom stereocenters. The Balaban J connectivity index is 1.34. The first-order chi connectivity index (χ1) is 15.4. The van der Waals surface area contributed by atoms with Gasteiger partial charge in [-0.25, -0.2) is 4.98 Å². The number of fused-ring (bicyclic) bond motifs is 2. The van der Waals surface area contributed by atoms with Gasteiger partial charge in [-0.05, 0) is 50.8 Å². The maximum absolute atomic E-state index is 6.49. The fourth-order valence-corrected chi connectivity index (χ4v) is 5.47. The number of anilines is 1. The molecule has 2 bridgehead atoms. The van der Waals surface area contributed by atoms with Crippen LogP contribution in [0.1, 0.15) is 43.4 Å². The van der Waals surface area contributed by atoms with Gasteiger partial charge in [0.1, 0.15) is 6.10 Å². The molecule has 4 unspecified atom stereocenters. The lowest BCUT2D eigenvalue weighted by molar-refractivity contribution is 0.0893. The van der Waals surface area contributed by atoms with Crippen molar-refractivity contribution >= 4 is 29.0 Å². The second-order valence-electron chi connectivity index (χ2n) is 8.78. The number of aryl methyl sites for hydroxylation is 1. The van der Waals surface area contributed by atoms with E-state index in [1.165, 1.54) is 12.8 Å². The second-order valence-corrected chi connectivity index (χ2v) is 9.57. The van der Waals surface area contributed by atoms with Crippen LogP contribution in [0.3, 0.4) is 0 Å². The Bertz CT molecular complexity index is 1150. The predicted molar refractivity (Wildman–Crippen MR) is 126 cm³/mol. The third-order valence-corrected chi connectivity index (χ3v) is 7.36. The van der Waals surface area contributed by atoms with Gasteiger partial charge in [-0.1, -0.05) is 29.3 Å². The molecule has 8 heteroatoms. The number of nitrogens with zero attached hydrogens (tertiary/aromatic N) is 3. The van der Waals surface area contributed by atoms with Gasteiger partial charge in [0.2, 0.25) is 0 Å². The lowest BCUT2D eigenvalue weighted by Crippen LogP contribution is -2.21. The first-order valence-electron chi connectivity index (χ1n) is 10.9. The number of aromatic nitrogens is 3. The molecule has 0 radical (unpaired) electrons. The Kier molecular flexibility index (Phi) is 5.78. The molecule has 4 heterocycles. The highest BCUT2D eigenvalue weighted by Crippen LogP contribution is 2.40. The van der Waals surface area contributed by atoms with E-state index in [9.17, 15) is 0 Å². The Morgan fingerprint density at radius 2 is 2.09 bits per heavy atom. The number of hydrogen-bond donors (Lipinski definition) is 1. The molecule has 2 fully saturated rings. The van der Waals surface area contributed by atoms with E-state index < -0.39 is 6.10 Å². The molecule has 2 aliphatic rings. The van der Waals surface area contributed by atoms with E-state index in [0.29, 0.717) is 39.7 Å². The molecule has 0 amide bonds. The molecule has 32 heavy (non-hydrogen) atoms.